The Morgan fingerprint density at radius 2 is 1.95 bits per heavy atom. The van der Waals surface area contributed by atoms with Gasteiger partial charge in [-0.25, -0.2) is 9.50 Å². The highest BCUT2D eigenvalue weighted by Gasteiger charge is 2.25. The number of hydrogen-bond acceptors (Lipinski definition) is 7. The summed E-state index contributed by atoms with van der Waals surface area (Å²) in [5.41, 5.74) is 4.32. The summed E-state index contributed by atoms with van der Waals surface area (Å²) in [6.45, 7) is 0.597. The van der Waals surface area contributed by atoms with Gasteiger partial charge in [-0.3, -0.25) is 9.36 Å². The van der Waals surface area contributed by atoms with Crippen molar-refractivity contribution in [2.24, 2.45) is 0 Å². The number of nitrogens with zero attached hydrogens (tertiary/aromatic N) is 5. The van der Waals surface area contributed by atoms with Crippen molar-refractivity contribution in [3.63, 3.8) is 0 Å². The van der Waals surface area contributed by atoms with Gasteiger partial charge in [-0.1, -0.05) is 30.3 Å². The van der Waals surface area contributed by atoms with Gasteiger partial charge < -0.3 is 24.8 Å². The Kier molecular flexibility index (Phi) is 6.87. The number of carbonyl (C=O) groups is 1. The highest BCUT2D eigenvalue weighted by molar-refractivity contribution is 5.94. The largest absolute Gasteiger partial charge is 0.497 e. The summed E-state index contributed by atoms with van der Waals surface area (Å²) in [6, 6.07) is 17.8. The van der Waals surface area contributed by atoms with Crippen molar-refractivity contribution >= 4 is 28.1 Å². The van der Waals surface area contributed by atoms with Crippen LogP contribution in [0.5, 0.6) is 5.75 Å². The monoisotopic (exact) mass is 540 g/mol. The number of anilines is 1. The molecule has 1 amide bonds. The summed E-state index contributed by atoms with van der Waals surface area (Å²) < 4.78 is 14.1. The van der Waals surface area contributed by atoms with E-state index in [4.69, 9.17) is 14.6 Å². The molecule has 1 aliphatic carbocycles. The number of para-hydroxylation sites is 1. The maximum Gasteiger partial charge on any atom is 0.271 e. The van der Waals surface area contributed by atoms with E-state index in [0.29, 0.717) is 29.3 Å². The minimum Gasteiger partial charge on any atom is -0.497 e. The summed E-state index contributed by atoms with van der Waals surface area (Å²) in [7, 11) is 5.10. The van der Waals surface area contributed by atoms with Crippen LogP contribution in [0.3, 0.4) is 0 Å². The fourth-order valence-electron chi connectivity index (χ4n) is 5.11. The molecule has 1 aliphatic rings. The topological polar surface area (TPSA) is 106 Å². The van der Waals surface area contributed by atoms with Crippen LogP contribution in [0.25, 0.3) is 22.4 Å². The predicted octanol–water partition coefficient (Wildman–Crippen LogP) is 4.24. The molecular formula is C30H32N6O4. The summed E-state index contributed by atoms with van der Waals surface area (Å²) in [6.07, 6.45) is 5.40. The number of hydrogen-bond donors (Lipinski definition) is 2. The first-order chi connectivity index (χ1) is 19.5. The second kappa shape index (κ2) is 10.6. The van der Waals surface area contributed by atoms with E-state index in [1.165, 1.54) is 7.11 Å². The fourth-order valence-corrected chi connectivity index (χ4v) is 5.11. The highest BCUT2D eigenvalue weighted by Crippen LogP contribution is 2.31. The predicted molar refractivity (Wildman–Crippen MR) is 152 cm³/mol. The molecule has 0 spiro atoms. The first-order valence-corrected chi connectivity index (χ1v) is 13.3. The minimum absolute atomic E-state index is 0.185. The normalized spacial score (nSPS) is 14.3. The molecule has 0 bridgehead atoms. The van der Waals surface area contributed by atoms with Crippen LogP contribution in [0.1, 0.15) is 47.2 Å². The molecule has 5 aromatic rings. The van der Waals surface area contributed by atoms with Crippen LogP contribution in [0.2, 0.25) is 0 Å². The molecule has 10 heteroatoms. The zero-order chi connectivity index (χ0) is 27.8. The van der Waals surface area contributed by atoms with Crippen molar-refractivity contribution in [1.29, 1.82) is 0 Å². The number of rotatable bonds is 9. The van der Waals surface area contributed by atoms with Gasteiger partial charge >= 0.3 is 0 Å². The molecule has 206 valence electrons. The smallest absolute Gasteiger partial charge is 0.271 e. The maximum atomic E-state index is 13.3. The van der Waals surface area contributed by atoms with Gasteiger partial charge in [0.1, 0.15) is 5.75 Å². The summed E-state index contributed by atoms with van der Waals surface area (Å²) in [4.78, 5) is 20.0. The Morgan fingerprint density at radius 1 is 1.18 bits per heavy atom. The average Bonchev–Trinajstić information content (AvgIpc) is 3.56. The van der Waals surface area contributed by atoms with E-state index in [2.05, 4.69) is 15.2 Å². The number of ether oxygens (including phenoxy) is 2. The van der Waals surface area contributed by atoms with Crippen LogP contribution in [0.15, 0.2) is 67.0 Å². The number of carbonyl (C=O) groups excluding carboxylic acids is 1. The minimum atomic E-state index is -1.09. The van der Waals surface area contributed by atoms with Gasteiger partial charge in [-0.05, 0) is 43.0 Å². The molecule has 3 heterocycles. The van der Waals surface area contributed by atoms with Crippen LogP contribution in [0, 0.1) is 0 Å². The lowest BCUT2D eigenvalue weighted by Gasteiger charge is -2.26. The van der Waals surface area contributed by atoms with Crippen LogP contribution >= 0.6 is 0 Å². The van der Waals surface area contributed by atoms with E-state index in [1.807, 2.05) is 72.4 Å². The van der Waals surface area contributed by atoms with Gasteiger partial charge in [0.15, 0.2) is 23.4 Å². The van der Waals surface area contributed by atoms with Crippen LogP contribution < -0.4 is 15.0 Å². The van der Waals surface area contributed by atoms with E-state index in [1.54, 1.807) is 17.8 Å². The second-order valence-corrected chi connectivity index (χ2v) is 10.1. The van der Waals surface area contributed by atoms with Crippen molar-refractivity contribution in [2.45, 2.75) is 38.1 Å². The molecule has 1 saturated carbocycles. The van der Waals surface area contributed by atoms with E-state index < -0.39 is 6.29 Å². The van der Waals surface area contributed by atoms with Gasteiger partial charge in [0, 0.05) is 50.0 Å². The van der Waals surface area contributed by atoms with E-state index in [-0.39, 0.29) is 11.9 Å². The molecule has 0 radical (unpaired) electrons. The third kappa shape index (κ3) is 4.65. The average molecular weight is 541 g/mol. The zero-order valence-electron chi connectivity index (χ0n) is 22.7. The van der Waals surface area contributed by atoms with Gasteiger partial charge in [-0.15, -0.1) is 5.10 Å². The van der Waals surface area contributed by atoms with Crippen LogP contribution in [-0.2, 0) is 11.3 Å². The van der Waals surface area contributed by atoms with Crippen LogP contribution in [0.4, 0.5) is 5.69 Å². The van der Waals surface area contributed by atoms with Gasteiger partial charge in [0.2, 0.25) is 0 Å². The highest BCUT2D eigenvalue weighted by atomic mass is 16.6. The number of benzene rings is 2. The van der Waals surface area contributed by atoms with Gasteiger partial charge in [0.25, 0.3) is 5.91 Å². The Balaban J connectivity index is 1.48. The number of aliphatic hydroxyl groups is 1. The maximum absolute atomic E-state index is 13.3. The number of methoxy groups -OCH3 is 2. The number of fused-ring (bicyclic) bond motifs is 2. The number of nitrogens with one attached hydrogen (secondary N) is 1. The molecule has 6 rings (SSSR count). The summed E-state index contributed by atoms with van der Waals surface area (Å²) in [5.74, 6) is 1.17. The Hall–Kier alpha value is -4.41. The van der Waals surface area contributed by atoms with Crippen molar-refractivity contribution < 1.29 is 19.4 Å². The molecule has 1 fully saturated rings. The molecule has 0 aliphatic heterocycles. The number of amides is 1. The molecule has 3 aromatic heterocycles. The zero-order valence-corrected chi connectivity index (χ0v) is 22.7. The molecular weight excluding hydrogens is 508 g/mol. The fraction of sp³-hybridized carbons (Fsp3) is 0.300. The second-order valence-electron chi connectivity index (χ2n) is 10.1. The Morgan fingerprint density at radius 3 is 2.65 bits per heavy atom. The van der Waals surface area contributed by atoms with Crippen LogP contribution in [-0.4, -0.2) is 57.5 Å². The summed E-state index contributed by atoms with van der Waals surface area (Å²) in [5, 5.41) is 19.4. The number of aromatic nitrogens is 4. The third-order valence-corrected chi connectivity index (χ3v) is 7.58. The SMILES string of the molecule is COc1ccc(CN(C)c2cc(-n3cc(C(O)OC)c4ccccc43)nn3c(C(=O)NC4CCC4)cnc23)cc1. The van der Waals surface area contributed by atoms with Crippen molar-refractivity contribution in [3.05, 3.63) is 83.8 Å². The van der Waals surface area contributed by atoms with Gasteiger partial charge in [0.05, 0.1) is 24.5 Å². The van der Waals surface area contributed by atoms with E-state index in [0.717, 1.165) is 47.2 Å². The number of aliphatic hydroxyl groups excluding tert-OH is 1. The standard InChI is InChI=1S/C30H32N6O4/c1-34(17-19-11-13-21(39-2)14-12-19)25-15-27(35-18-23(30(38)40-3)22-9-4-5-10-24(22)35)33-36-26(16-31-28(25)36)29(37)32-20-7-6-8-20/h4-5,9-16,18,20,30,38H,6-8,17H2,1-3H3,(H,32,37). The lowest BCUT2D eigenvalue weighted by atomic mass is 9.93. The molecule has 10 nitrogen and oxygen atoms in total. The first-order valence-electron chi connectivity index (χ1n) is 13.3. The Bertz CT molecular complexity index is 1670. The lowest BCUT2D eigenvalue weighted by Crippen LogP contribution is -2.40. The number of imidazole rings is 1. The molecule has 40 heavy (non-hydrogen) atoms. The van der Waals surface area contributed by atoms with Crippen molar-refractivity contribution in [3.8, 4) is 11.6 Å². The molecule has 1 atom stereocenters. The van der Waals surface area contributed by atoms with E-state index in [9.17, 15) is 9.90 Å². The Labute approximate surface area is 231 Å². The lowest BCUT2D eigenvalue weighted by molar-refractivity contribution is -0.0759. The van der Waals surface area contributed by atoms with Crippen molar-refractivity contribution in [2.75, 3.05) is 26.2 Å². The van der Waals surface area contributed by atoms with Crippen molar-refractivity contribution in [1.82, 2.24) is 24.5 Å². The molecule has 0 saturated heterocycles. The molecule has 2 aromatic carbocycles. The molecule has 1 unspecified atom stereocenters. The van der Waals surface area contributed by atoms with E-state index >= 15 is 0 Å². The van der Waals surface area contributed by atoms with Gasteiger partial charge in [-0.2, -0.15) is 0 Å². The summed E-state index contributed by atoms with van der Waals surface area (Å²) >= 11 is 0. The first kappa shape index (κ1) is 25.8. The third-order valence-electron chi connectivity index (χ3n) is 7.58. The quantitative estimate of drug-likeness (QED) is 0.270. The molecule has 2 N–H and O–H groups in total.